The second-order valence-electron chi connectivity index (χ2n) is 5.05. The standard InChI is InChI=1S/C17H26NO/c1-3-5-7-13-18(14-8-6-4-2)17-11-9-16(15-19)10-12-17/h9-12H,3-8,13-14H2,1-2H3. The molecule has 0 atom stereocenters. The molecule has 0 heterocycles. The summed E-state index contributed by atoms with van der Waals surface area (Å²) in [5, 5.41) is 0. The van der Waals surface area contributed by atoms with Gasteiger partial charge in [-0.3, -0.25) is 4.79 Å². The highest BCUT2D eigenvalue weighted by Crippen LogP contribution is 2.17. The molecular weight excluding hydrogens is 234 g/mol. The van der Waals surface area contributed by atoms with Crippen molar-refractivity contribution in [1.82, 2.24) is 0 Å². The number of carbonyl (C=O) groups excluding carboxylic acids is 1. The topological polar surface area (TPSA) is 20.3 Å². The molecule has 19 heavy (non-hydrogen) atoms. The Hall–Kier alpha value is -1.31. The summed E-state index contributed by atoms with van der Waals surface area (Å²) in [5.74, 6) is 0. The van der Waals surface area contributed by atoms with Crippen LogP contribution in [0.15, 0.2) is 24.3 Å². The summed E-state index contributed by atoms with van der Waals surface area (Å²) in [6.07, 6.45) is 9.48. The van der Waals surface area contributed by atoms with Gasteiger partial charge in [-0.2, -0.15) is 0 Å². The van der Waals surface area contributed by atoms with Crippen molar-refractivity contribution in [2.45, 2.75) is 52.4 Å². The van der Waals surface area contributed by atoms with Crippen LogP contribution in [0.1, 0.15) is 57.9 Å². The van der Waals surface area contributed by atoms with Crippen LogP contribution in [0.3, 0.4) is 0 Å². The van der Waals surface area contributed by atoms with Crippen molar-refractivity contribution in [2.75, 3.05) is 18.0 Å². The van der Waals surface area contributed by atoms with E-state index >= 15 is 0 Å². The lowest BCUT2D eigenvalue weighted by Crippen LogP contribution is -2.25. The molecule has 0 N–H and O–H groups in total. The van der Waals surface area contributed by atoms with E-state index in [9.17, 15) is 4.79 Å². The molecule has 1 aromatic rings. The third-order valence-corrected chi connectivity index (χ3v) is 3.41. The average Bonchev–Trinajstić information content (AvgIpc) is 2.46. The molecular formula is C17H26NO. The summed E-state index contributed by atoms with van der Waals surface area (Å²) in [7, 11) is 0. The van der Waals surface area contributed by atoms with E-state index < -0.39 is 0 Å². The Balaban J connectivity index is 2.60. The molecule has 0 fully saturated rings. The minimum Gasteiger partial charge on any atom is -0.372 e. The first-order valence-corrected chi connectivity index (χ1v) is 7.55. The van der Waals surface area contributed by atoms with E-state index in [4.69, 9.17) is 0 Å². The Kier molecular flexibility index (Phi) is 7.95. The normalized spacial score (nSPS) is 10.4. The number of rotatable bonds is 10. The van der Waals surface area contributed by atoms with Crippen molar-refractivity contribution in [3.63, 3.8) is 0 Å². The zero-order chi connectivity index (χ0) is 13.9. The van der Waals surface area contributed by atoms with Gasteiger partial charge >= 0.3 is 0 Å². The van der Waals surface area contributed by atoms with Crippen molar-refractivity contribution in [3.8, 4) is 0 Å². The third-order valence-electron chi connectivity index (χ3n) is 3.41. The molecule has 0 amide bonds. The van der Waals surface area contributed by atoms with Gasteiger partial charge < -0.3 is 4.90 Å². The first kappa shape index (κ1) is 15.7. The van der Waals surface area contributed by atoms with Crippen molar-refractivity contribution in [2.24, 2.45) is 0 Å². The van der Waals surface area contributed by atoms with Gasteiger partial charge in [0.1, 0.15) is 0 Å². The Morgan fingerprint density at radius 1 is 0.895 bits per heavy atom. The van der Waals surface area contributed by atoms with Gasteiger partial charge in [0.2, 0.25) is 6.29 Å². The maximum Gasteiger partial charge on any atom is 0.233 e. The minimum absolute atomic E-state index is 0.630. The van der Waals surface area contributed by atoms with E-state index in [0.717, 1.165) is 13.1 Å². The van der Waals surface area contributed by atoms with Crippen LogP contribution in [-0.4, -0.2) is 19.4 Å². The van der Waals surface area contributed by atoms with Crippen molar-refractivity contribution in [1.29, 1.82) is 0 Å². The number of hydrogen-bond acceptors (Lipinski definition) is 2. The van der Waals surface area contributed by atoms with E-state index in [1.807, 2.05) is 30.6 Å². The molecule has 1 rings (SSSR count). The maximum absolute atomic E-state index is 10.6. The fourth-order valence-corrected chi connectivity index (χ4v) is 2.22. The first-order chi connectivity index (χ1) is 9.31. The first-order valence-electron chi connectivity index (χ1n) is 7.55. The maximum atomic E-state index is 10.6. The van der Waals surface area contributed by atoms with Crippen LogP contribution in [0.25, 0.3) is 0 Å². The Labute approximate surface area is 117 Å². The number of benzene rings is 1. The average molecular weight is 260 g/mol. The smallest absolute Gasteiger partial charge is 0.233 e. The fourth-order valence-electron chi connectivity index (χ4n) is 2.22. The number of nitrogens with zero attached hydrogens (tertiary/aromatic N) is 1. The minimum atomic E-state index is 0.630. The third kappa shape index (κ3) is 5.91. The molecule has 0 aliphatic heterocycles. The molecule has 2 heteroatoms. The highest BCUT2D eigenvalue weighted by molar-refractivity contribution is 5.76. The summed E-state index contributed by atoms with van der Waals surface area (Å²) in [5.41, 5.74) is 1.86. The van der Waals surface area contributed by atoms with Crippen LogP contribution >= 0.6 is 0 Å². The van der Waals surface area contributed by atoms with E-state index in [1.165, 1.54) is 44.2 Å². The van der Waals surface area contributed by atoms with E-state index in [-0.39, 0.29) is 0 Å². The zero-order valence-corrected chi connectivity index (χ0v) is 12.3. The fraction of sp³-hybridized carbons (Fsp3) is 0.588. The lowest BCUT2D eigenvalue weighted by Gasteiger charge is -2.25. The summed E-state index contributed by atoms with van der Waals surface area (Å²) >= 11 is 0. The van der Waals surface area contributed by atoms with Crippen molar-refractivity contribution >= 4 is 12.0 Å². The molecule has 0 saturated carbocycles. The van der Waals surface area contributed by atoms with Crippen LogP contribution in [0.2, 0.25) is 0 Å². The van der Waals surface area contributed by atoms with Gasteiger partial charge in [0.05, 0.1) is 0 Å². The monoisotopic (exact) mass is 260 g/mol. The van der Waals surface area contributed by atoms with Gasteiger partial charge in [0.15, 0.2) is 0 Å². The summed E-state index contributed by atoms with van der Waals surface area (Å²) < 4.78 is 0. The zero-order valence-electron chi connectivity index (χ0n) is 12.3. The highest BCUT2D eigenvalue weighted by atomic mass is 16.1. The second-order valence-corrected chi connectivity index (χ2v) is 5.05. The van der Waals surface area contributed by atoms with Crippen molar-refractivity contribution in [3.05, 3.63) is 29.8 Å². The molecule has 0 aliphatic rings. The van der Waals surface area contributed by atoms with Gasteiger partial charge in [0.25, 0.3) is 0 Å². The quantitative estimate of drug-likeness (QED) is 0.584. The lowest BCUT2D eigenvalue weighted by atomic mass is 10.1. The van der Waals surface area contributed by atoms with Gasteiger partial charge in [0, 0.05) is 24.3 Å². The molecule has 0 aromatic heterocycles. The van der Waals surface area contributed by atoms with Gasteiger partial charge in [-0.15, -0.1) is 0 Å². The van der Waals surface area contributed by atoms with Gasteiger partial charge in [-0.05, 0) is 37.1 Å². The molecule has 105 valence electrons. The van der Waals surface area contributed by atoms with Crippen LogP contribution in [0, 0.1) is 0 Å². The van der Waals surface area contributed by atoms with Gasteiger partial charge in [-0.1, -0.05) is 39.5 Å². The Morgan fingerprint density at radius 2 is 1.42 bits per heavy atom. The summed E-state index contributed by atoms with van der Waals surface area (Å²) in [6, 6.07) is 7.79. The number of hydrogen-bond donors (Lipinski definition) is 0. The molecule has 2 nitrogen and oxygen atoms in total. The molecule has 1 aromatic carbocycles. The Morgan fingerprint density at radius 3 is 1.84 bits per heavy atom. The molecule has 0 unspecified atom stereocenters. The van der Waals surface area contributed by atoms with Crippen LogP contribution < -0.4 is 4.90 Å². The molecule has 0 saturated heterocycles. The van der Waals surface area contributed by atoms with E-state index in [2.05, 4.69) is 18.7 Å². The van der Waals surface area contributed by atoms with Crippen LogP contribution in [0.5, 0.6) is 0 Å². The van der Waals surface area contributed by atoms with E-state index in [0.29, 0.717) is 5.56 Å². The second kappa shape index (κ2) is 9.60. The molecule has 0 aliphatic carbocycles. The van der Waals surface area contributed by atoms with Crippen molar-refractivity contribution < 1.29 is 4.79 Å². The molecule has 0 spiro atoms. The molecule has 1 radical (unpaired) electrons. The predicted octanol–water partition coefficient (Wildman–Crippen LogP) is 4.33. The summed E-state index contributed by atoms with van der Waals surface area (Å²) in [4.78, 5) is 13.0. The number of unbranched alkanes of at least 4 members (excludes halogenated alkanes) is 4. The predicted molar refractivity (Wildman–Crippen MR) is 82.5 cm³/mol. The SMILES string of the molecule is CCCCCN(CCCCC)c1ccc([C]=O)cc1. The number of anilines is 1. The highest BCUT2D eigenvalue weighted by Gasteiger charge is 2.06. The largest absolute Gasteiger partial charge is 0.372 e. The lowest BCUT2D eigenvalue weighted by molar-refractivity contribution is 0.562. The van der Waals surface area contributed by atoms with Crippen LogP contribution in [0.4, 0.5) is 5.69 Å². The Bertz CT molecular complexity index is 335. The van der Waals surface area contributed by atoms with Gasteiger partial charge in [-0.25, -0.2) is 0 Å². The van der Waals surface area contributed by atoms with E-state index in [1.54, 1.807) is 0 Å². The van der Waals surface area contributed by atoms with Crippen LogP contribution in [-0.2, 0) is 4.79 Å². The molecule has 0 bridgehead atoms. The summed E-state index contributed by atoms with van der Waals surface area (Å²) in [6.45, 7) is 6.69.